The molecule has 3 aromatic carbocycles. The molecule has 0 atom stereocenters. The van der Waals surface area contributed by atoms with Gasteiger partial charge < -0.3 is 0 Å². The van der Waals surface area contributed by atoms with Crippen molar-refractivity contribution in [2.45, 2.75) is 0 Å². The molecule has 0 aromatic heterocycles. The van der Waals surface area contributed by atoms with Gasteiger partial charge in [0.15, 0.2) is 0 Å². The quantitative estimate of drug-likeness (QED) is 0.556. The zero-order valence-electron chi connectivity index (χ0n) is 8.60. The summed E-state index contributed by atoms with van der Waals surface area (Å²) < 4.78 is 0. The molecule has 0 fully saturated rings. The minimum Gasteiger partial charge on any atom is -0.285 e. The highest BCUT2D eigenvalue weighted by Gasteiger charge is 2.03. The van der Waals surface area contributed by atoms with E-state index < -0.39 is 0 Å². The van der Waals surface area contributed by atoms with E-state index in [1.54, 1.807) is 6.07 Å². The average molecular weight is 205 g/mol. The van der Waals surface area contributed by atoms with Crippen LogP contribution in [0.5, 0.6) is 0 Å². The molecule has 0 aliphatic rings. The Labute approximate surface area is 93.3 Å². The van der Waals surface area contributed by atoms with Crippen molar-refractivity contribution in [1.82, 2.24) is 0 Å². The molecule has 1 radical (unpaired) electrons. The third-order valence-electron chi connectivity index (χ3n) is 2.90. The van der Waals surface area contributed by atoms with Crippen molar-refractivity contribution in [3.8, 4) is 0 Å². The van der Waals surface area contributed by atoms with Crippen LogP contribution in [0.4, 0.5) is 0 Å². The van der Waals surface area contributed by atoms with Gasteiger partial charge in [-0.2, -0.15) is 0 Å². The molecule has 3 rings (SSSR count). The van der Waals surface area contributed by atoms with Crippen LogP contribution in [0, 0.1) is 0 Å². The SMILES string of the molecule is O=[C]c1cccc2c1ccc1ccccc12. The van der Waals surface area contributed by atoms with Crippen molar-refractivity contribution in [2.75, 3.05) is 0 Å². The predicted molar refractivity (Wildman–Crippen MR) is 66.2 cm³/mol. The van der Waals surface area contributed by atoms with Crippen LogP contribution in [-0.2, 0) is 4.79 Å². The summed E-state index contributed by atoms with van der Waals surface area (Å²) in [5, 5.41) is 4.45. The number of benzene rings is 3. The van der Waals surface area contributed by atoms with Crippen LogP contribution in [-0.4, -0.2) is 6.29 Å². The number of fused-ring (bicyclic) bond motifs is 3. The van der Waals surface area contributed by atoms with Gasteiger partial charge in [0.25, 0.3) is 0 Å². The smallest absolute Gasteiger partial charge is 0.234 e. The van der Waals surface area contributed by atoms with Crippen molar-refractivity contribution in [1.29, 1.82) is 0 Å². The molecule has 0 heterocycles. The lowest BCUT2D eigenvalue weighted by Gasteiger charge is -2.04. The normalized spacial score (nSPS) is 10.8. The summed E-state index contributed by atoms with van der Waals surface area (Å²) in [5.74, 6) is 0. The molecule has 1 heteroatoms. The monoisotopic (exact) mass is 205 g/mol. The number of carbonyl (C=O) groups excluding carboxylic acids is 1. The van der Waals surface area contributed by atoms with Crippen molar-refractivity contribution in [3.05, 3.63) is 60.2 Å². The second-order valence-corrected chi connectivity index (χ2v) is 3.79. The Morgan fingerprint density at radius 2 is 1.50 bits per heavy atom. The van der Waals surface area contributed by atoms with E-state index in [0.29, 0.717) is 5.56 Å². The van der Waals surface area contributed by atoms with Gasteiger partial charge in [-0.1, -0.05) is 54.6 Å². The third kappa shape index (κ3) is 1.22. The Bertz CT molecular complexity index is 683. The Kier molecular flexibility index (Phi) is 1.97. The summed E-state index contributed by atoms with van der Waals surface area (Å²) in [5.41, 5.74) is 0.628. The fourth-order valence-electron chi connectivity index (χ4n) is 2.13. The molecule has 3 aromatic rings. The summed E-state index contributed by atoms with van der Waals surface area (Å²) in [4.78, 5) is 10.8. The van der Waals surface area contributed by atoms with Gasteiger partial charge in [-0.25, -0.2) is 0 Å². The van der Waals surface area contributed by atoms with Gasteiger partial charge in [0.2, 0.25) is 6.29 Å². The summed E-state index contributed by atoms with van der Waals surface area (Å²) in [6.07, 6.45) is 1.98. The van der Waals surface area contributed by atoms with Crippen molar-refractivity contribution in [3.63, 3.8) is 0 Å². The molecule has 0 unspecified atom stereocenters. The van der Waals surface area contributed by atoms with Gasteiger partial charge in [0.05, 0.1) is 0 Å². The Morgan fingerprint density at radius 1 is 0.688 bits per heavy atom. The molecule has 0 saturated heterocycles. The standard InChI is InChI=1S/C15H9O/c16-10-12-5-3-7-15-13-6-2-1-4-11(13)8-9-14(12)15/h1-9H. The van der Waals surface area contributed by atoms with Gasteiger partial charge in [-0.05, 0) is 21.5 Å². The fraction of sp³-hybridized carbons (Fsp3) is 0. The second kappa shape index (κ2) is 3.46. The molecule has 0 bridgehead atoms. The summed E-state index contributed by atoms with van der Waals surface area (Å²) in [6.45, 7) is 0. The van der Waals surface area contributed by atoms with Crippen molar-refractivity contribution >= 4 is 27.8 Å². The third-order valence-corrected chi connectivity index (χ3v) is 2.90. The van der Waals surface area contributed by atoms with E-state index in [1.165, 1.54) is 10.8 Å². The molecule has 0 saturated carbocycles. The highest BCUT2D eigenvalue weighted by molar-refractivity contribution is 6.11. The number of rotatable bonds is 1. The highest BCUT2D eigenvalue weighted by atomic mass is 16.1. The van der Waals surface area contributed by atoms with Crippen LogP contribution in [0.15, 0.2) is 54.6 Å². The zero-order valence-corrected chi connectivity index (χ0v) is 8.60. The highest BCUT2D eigenvalue weighted by Crippen LogP contribution is 2.26. The summed E-state index contributed by atoms with van der Waals surface area (Å²) in [6, 6.07) is 17.9. The largest absolute Gasteiger partial charge is 0.285 e. The van der Waals surface area contributed by atoms with Crippen LogP contribution in [0.3, 0.4) is 0 Å². The Balaban J connectivity index is 2.57. The lowest BCUT2D eigenvalue weighted by atomic mass is 9.99. The maximum Gasteiger partial charge on any atom is 0.234 e. The molecule has 1 nitrogen and oxygen atoms in total. The van der Waals surface area contributed by atoms with E-state index in [0.717, 1.165) is 10.8 Å². The van der Waals surface area contributed by atoms with Gasteiger partial charge in [0, 0.05) is 5.56 Å². The Morgan fingerprint density at radius 3 is 2.38 bits per heavy atom. The maximum atomic E-state index is 10.8. The van der Waals surface area contributed by atoms with Gasteiger partial charge in [0.1, 0.15) is 0 Å². The average Bonchev–Trinajstić information content (AvgIpc) is 2.37. The van der Waals surface area contributed by atoms with Crippen LogP contribution in [0.1, 0.15) is 5.56 Å². The van der Waals surface area contributed by atoms with Gasteiger partial charge in [-0.3, -0.25) is 4.79 Å². The van der Waals surface area contributed by atoms with Crippen LogP contribution in [0.25, 0.3) is 21.5 Å². The molecule has 0 spiro atoms. The fourth-order valence-corrected chi connectivity index (χ4v) is 2.13. The van der Waals surface area contributed by atoms with E-state index in [2.05, 4.69) is 12.1 Å². The van der Waals surface area contributed by atoms with E-state index in [4.69, 9.17) is 0 Å². The summed E-state index contributed by atoms with van der Waals surface area (Å²) in [7, 11) is 0. The van der Waals surface area contributed by atoms with Gasteiger partial charge in [-0.15, -0.1) is 0 Å². The van der Waals surface area contributed by atoms with Crippen LogP contribution in [0.2, 0.25) is 0 Å². The van der Waals surface area contributed by atoms with Gasteiger partial charge >= 0.3 is 0 Å². The molecule has 0 aliphatic heterocycles. The first-order valence-corrected chi connectivity index (χ1v) is 5.19. The number of hydrogen-bond acceptors (Lipinski definition) is 1. The first-order chi connectivity index (χ1) is 7.90. The molecular formula is C15H9O. The molecule has 75 valence electrons. The van der Waals surface area contributed by atoms with E-state index in [-0.39, 0.29) is 0 Å². The maximum absolute atomic E-state index is 10.8. The minimum absolute atomic E-state index is 0.628. The van der Waals surface area contributed by atoms with Crippen molar-refractivity contribution < 1.29 is 4.79 Å². The molecule has 0 aliphatic carbocycles. The molecule has 0 amide bonds. The summed E-state index contributed by atoms with van der Waals surface area (Å²) >= 11 is 0. The predicted octanol–water partition coefficient (Wildman–Crippen LogP) is 3.45. The second-order valence-electron chi connectivity index (χ2n) is 3.79. The molecule has 0 N–H and O–H groups in total. The zero-order chi connectivity index (χ0) is 11.0. The molecular weight excluding hydrogens is 196 g/mol. The Hall–Kier alpha value is -2.15. The topological polar surface area (TPSA) is 17.1 Å². The van der Waals surface area contributed by atoms with Crippen LogP contribution < -0.4 is 0 Å². The van der Waals surface area contributed by atoms with Crippen LogP contribution >= 0.6 is 0 Å². The number of hydrogen-bond donors (Lipinski definition) is 0. The van der Waals surface area contributed by atoms with E-state index in [1.807, 2.05) is 42.7 Å². The lowest BCUT2D eigenvalue weighted by molar-refractivity contribution is 0.563. The first-order valence-electron chi connectivity index (χ1n) is 5.19. The molecule has 16 heavy (non-hydrogen) atoms. The first kappa shape index (κ1) is 9.10. The van der Waals surface area contributed by atoms with E-state index >= 15 is 0 Å². The lowest BCUT2D eigenvalue weighted by Crippen LogP contribution is -1.84. The minimum atomic E-state index is 0.628. The van der Waals surface area contributed by atoms with E-state index in [9.17, 15) is 4.79 Å². The van der Waals surface area contributed by atoms with Crippen molar-refractivity contribution in [2.24, 2.45) is 0 Å².